The van der Waals surface area contributed by atoms with Crippen LogP contribution in [0.5, 0.6) is 0 Å². The van der Waals surface area contributed by atoms with Gasteiger partial charge in [-0.15, -0.1) is 0 Å². The Kier molecular flexibility index (Phi) is 4.04. The molecule has 1 aromatic rings. The average molecular weight is 309 g/mol. The van der Waals surface area contributed by atoms with Crippen molar-refractivity contribution in [1.29, 1.82) is 0 Å². The monoisotopic (exact) mass is 309 g/mol. The van der Waals surface area contributed by atoms with Crippen LogP contribution in [0.1, 0.15) is 41.8 Å². The highest BCUT2D eigenvalue weighted by molar-refractivity contribution is 7.92. The van der Waals surface area contributed by atoms with Crippen LogP contribution in [0, 0.1) is 0 Å². The van der Waals surface area contributed by atoms with E-state index in [-0.39, 0.29) is 16.4 Å². The molecule has 7 heteroatoms. The summed E-state index contributed by atoms with van der Waals surface area (Å²) in [5.41, 5.74) is 12.2. The number of carbonyl (C=O) groups is 1. The van der Waals surface area contributed by atoms with Crippen molar-refractivity contribution in [3.05, 3.63) is 28.8 Å². The van der Waals surface area contributed by atoms with Crippen molar-refractivity contribution in [1.82, 2.24) is 0 Å². The summed E-state index contributed by atoms with van der Waals surface area (Å²) in [6.07, 6.45) is 1.89. The molecule has 0 radical (unpaired) electrons. The number of aliphatic imine (C=N–C) groups is 1. The van der Waals surface area contributed by atoms with Crippen LogP contribution < -0.4 is 11.5 Å². The zero-order chi connectivity index (χ0) is 15.8. The van der Waals surface area contributed by atoms with Crippen molar-refractivity contribution in [2.75, 3.05) is 0 Å². The first kappa shape index (κ1) is 15.5. The second-order valence-electron chi connectivity index (χ2n) is 5.21. The molecular weight excluding hydrogens is 290 g/mol. The Morgan fingerprint density at radius 2 is 2.05 bits per heavy atom. The van der Waals surface area contributed by atoms with E-state index in [2.05, 4.69) is 4.99 Å². The lowest BCUT2D eigenvalue weighted by Gasteiger charge is -2.23. The largest absolute Gasteiger partial charge is 0.370 e. The Bertz CT molecular complexity index is 719. The van der Waals surface area contributed by atoms with Gasteiger partial charge in [-0.3, -0.25) is 4.79 Å². The number of carbonyl (C=O) groups excluding carboxylic acids is 1. The van der Waals surface area contributed by atoms with Gasteiger partial charge in [0.2, 0.25) is 0 Å². The maximum atomic E-state index is 12.4. The number of aryl methyl sites for hydroxylation is 2. The second-order valence-corrected chi connectivity index (χ2v) is 7.54. The summed E-state index contributed by atoms with van der Waals surface area (Å²) in [7, 11) is -3.39. The van der Waals surface area contributed by atoms with Gasteiger partial charge in [-0.05, 0) is 43.4 Å². The third kappa shape index (κ3) is 2.78. The lowest BCUT2D eigenvalue weighted by atomic mass is 9.98. The fraction of sp³-hybridized carbons (Fsp3) is 0.429. The Morgan fingerprint density at radius 3 is 2.62 bits per heavy atom. The van der Waals surface area contributed by atoms with Crippen molar-refractivity contribution < 1.29 is 13.2 Å². The van der Waals surface area contributed by atoms with E-state index in [9.17, 15) is 13.2 Å². The van der Waals surface area contributed by atoms with E-state index in [1.54, 1.807) is 13.0 Å². The van der Waals surface area contributed by atoms with E-state index in [0.29, 0.717) is 19.3 Å². The molecule has 0 spiro atoms. The number of amides is 1. The van der Waals surface area contributed by atoms with Crippen LogP contribution in [-0.4, -0.2) is 25.5 Å². The van der Waals surface area contributed by atoms with Crippen LogP contribution in [0.25, 0.3) is 0 Å². The smallest absolute Gasteiger partial charge is 0.280 e. The van der Waals surface area contributed by atoms with Gasteiger partial charge in [0.15, 0.2) is 15.8 Å². The first-order valence-corrected chi connectivity index (χ1v) is 8.35. The summed E-state index contributed by atoms with van der Waals surface area (Å²) in [6.45, 7) is 3.58. The molecule has 21 heavy (non-hydrogen) atoms. The average Bonchev–Trinajstić information content (AvgIpc) is 2.41. The number of benzene rings is 1. The Labute approximate surface area is 124 Å². The van der Waals surface area contributed by atoms with Crippen molar-refractivity contribution in [3.8, 4) is 0 Å². The summed E-state index contributed by atoms with van der Waals surface area (Å²) in [5.74, 6) is -0.945. The minimum Gasteiger partial charge on any atom is -0.370 e. The van der Waals surface area contributed by atoms with Crippen LogP contribution in [0.2, 0.25) is 0 Å². The van der Waals surface area contributed by atoms with Crippen LogP contribution in [0.4, 0.5) is 0 Å². The molecule has 0 saturated heterocycles. The number of fused-ring (bicyclic) bond motifs is 1. The fourth-order valence-electron chi connectivity index (χ4n) is 2.54. The number of sulfone groups is 1. The third-order valence-electron chi connectivity index (χ3n) is 3.78. The molecular formula is C14H19N3O3S. The van der Waals surface area contributed by atoms with Crippen molar-refractivity contribution in [3.63, 3.8) is 0 Å². The van der Waals surface area contributed by atoms with Gasteiger partial charge in [-0.25, -0.2) is 8.42 Å². The van der Waals surface area contributed by atoms with Gasteiger partial charge in [-0.1, -0.05) is 13.0 Å². The predicted molar refractivity (Wildman–Crippen MR) is 80.9 cm³/mol. The Morgan fingerprint density at radius 1 is 1.38 bits per heavy atom. The number of hydrogen-bond donors (Lipinski definition) is 2. The van der Waals surface area contributed by atoms with E-state index in [4.69, 9.17) is 11.5 Å². The quantitative estimate of drug-likeness (QED) is 0.618. The molecule has 1 aliphatic rings. The lowest BCUT2D eigenvalue weighted by molar-refractivity contribution is 0.100. The molecule has 1 atom stereocenters. The highest BCUT2D eigenvalue weighted by Gasteiger charge is 2.32. The summed E-state index contributed by atoms with van der Waals surface area (Å²) in [4.78, 5) is 15.8. The minimum atomic E-state index is -3.39. The molecule has 0 aromatic heterocycles. The van der Waals surface area contributed by atoms with Crippen LogP contribution in [-0.2, 0) is 22.7 Å². The molecule has 114 valence electrons. The highest BCUT2D eigenvalue weighted by atomic mass is 32.2. The van der Waals surface area contributed by atoms with Gasteiger partial charge in [0.1, 0.15) is 0 Å². The molecule has 6 nitrogen and oxygen atoms in total. The topological polar surface area (TPSA) is 116 Å². The number of rotatable bonds is 2. The van der Waals surface area contributed by atoms with E-state index in [1.807, 2.05) is 6.92 Å². The van der Waals surface area contributed by atoms with Gasteiger partial charge >= 0.3 is 0 Å². The summed E-state index contributed by atoms with van der Waals surface area (Å²) >= 11 is 0. The van der Waals surface area contributed by atoms with Crippen molar-refractivity contribution in [2.24, 2.45) is 16.5 Å². The van der Waals surface area contributed by atoms with E-state index >= 15 is 0 Å². The molecule has 1 aromatic carbocycles. The zero-order valence-corrected chi connectivity index (χ0v) is 12.9. The van der Waals surface area contributed by atoms with Crippen molar-refractivity contribution in [2.45, 2.75) is 43.3 Å². The predicted octanol–water partition coefficient (Wildman–Crippen LogP) is 0.771. The normalized spacial score (nSPS) is 19.6. The summed E-state index contributed by atoms with van der Waals surface area (Å²) in [5, 5.41) is -0.441. The molecule has 2 rings (SSSR count). The Hall–Kier alpha value is -1.89. The first-order valence-electron chi connectivity index (χ1n) is 6.81. The molecule has 1 aliphatic heterocycles. The lowest BCUT2D eigenvalue weighted by Crippen LogP contribution is -2.26. The van der Waals surface area contributed by atoms with Crippen LogP contribution >= 0.6 is 0 Å². The third-order valence-corrected chi connectivity index (χ3v) is 6.07. The molecule has 0 fully saturated rings. The molecule has 0 saturated carbocycles. The molecule has 1 amide bonds. The van der Waals surface area contributed by atoms with E-state index in [1.165, 1.54) is 6.07 Å². The number of nitrogens with zero attached hydrogens (tertiary/aromatic N) is 1. The molecule has 0 bridgehead atoms. The maximum Gasteiger partial charge on any atom is 0.280 e. The van der Waals surface area contributed by atoms with Crippen LogP contribution in [0.3, 0.4) is 0 Å². The van der Waals surface area contributed by atoms with E-state index < -0.39 is 21.0 Å². The van der Waals surface area contributed by atoms with Gasteiger partial charge in [0, 0.05) is 5.56 Å². The van der Waals surface area contributed by atoms with Crippen LogP contribution in [0.15, 0.2) is 22.0 Å². The number of guanidine groups is 1. The van der Waals surface area contributed by atoms with Gasteiger partial charge in [0.05, 0.1) is 10.1 Å². The summed E-state index contributed by atoms with van der Waals surface area (Å²) in [6, 6.07) is 3.21. The standard InChI is InChI=1S/C14H19N3O3S/c1-3-9-6-10-5-4-8(2)21(19,20)12(10)7-11(9)13(18)17-14(15)16/h6-8H,3-5H2,1-2H3,(H4,15,16,17,18). The zero-order valence-electron chi connectivity index (χ0n) is 12.1. The first-order chi connectivity index (χ1) is 9.77. The van der Waals surface area contributed by atoms with Gasteiger partial charge < -0.3 is 11.5 Å². The van der Waals surface area contributed by atoms with Gasteiger partial charge in [0.25, 0.3) is 5.91 Å². The fourth-order valence-corrected chi connectivity index (χ4v) is 4.21. The maximum absolute atomic E-state index is 12.4. The molecule has 1 heterocycles. The van der Waals surface area contributed by atoms with Crippen molar-refractivity contribution >= 4 is 21.7 Å². The highest BCUT2D eigenvalue weighted by Crippen LogP contribution is 2.32. The summed E-state index contributed by atoms with van der Waals surface area (Å²) < 4.78 is 24.8. The molecule has 1 unspecified atom stereocenters. The second kappa shape index (κ2) is 5.48. The molecule has 4 N–H and O–H groups in total. The number of hydrogen-bond acceptors (Lipinski definition) is 3. The molecule has 0 aliphatic carbocycles. The van der Waals surface area contributed by atoms with Gasteiger partial charge in [-0.2, -0.15) is 4.99 Å². The minimum absolute atomic E-state index is 0.229. The SMILES string of the molecule is CCc1cc2c(cc1C(=O)N=C(N)N)S(=O)(=O)C(C)CC2. The Balaban J connectivity index is 2.66. The van der Waals surface area contributed by atoms with E-state index in [0.717, 1.165) is 11.1 Å². The number of nitrogens with two attached hydrogens (primary N) is 2.